The van der Waals surface area contributed by atoms with E-state index in [1.54, 1.807) is 25.3 Å². The highest BCUT2D eigenvalue weighted by atomic mass is 16.6. The number of amides is 1. The summed E-state index contributed by atoms with van der Waals surface area (Å²) >= 11 is 0. The number of carbonyl (C=O) groups excluding carboxylic acids is 1. The third kappa shape index (κ3) is 2.35. The van der Waals surface area contributed by atoms with Gasteiger partial charge in [0.15, 0.2) is 0 Å². The fourth-order valence-corrected chi connectivity index (χ4v) is 5.68. The van der Waals surface area contributed by atoms with Gasteiger partial charge in [0.2, 0.25) is 5.91 Å². The zero-order chi connectivity index (χ0) is 22.9. The lowest BCUT2D eigenvalue weighted by atomic mass is 9.63. The average molecular weight is 432 g/mol. The summed E-state index contributed by atoms with van der Waals surface area (Å²) in [6.07, 6.45) is 1.43. The van der Waals surface area contributed by atoms with Crippen molar-refractivity contribution < 1.29 is 14.5 Å². The predicted molar refractivity (Wildman–Crippen MR) is 120 cm³/mol. The number of nitro benzene ring substituents is 1. The zero-order valence-corrected chi connectivity index (χ0v) is 18.4. The van der Waals surface area contributed by atoms with E-state index in [1.165, 1.54) is 12.1 Å². The molecule has 0 aliphatic heterocycles. The summed E-state index contributed by atoms with van der Waals surface area (Å²) in [5.74, 6) is 0.419. The predicted octanol–water partition coefficient (Wildman–Crippen LogP) is 4.51. The van der Waals surface area contributed by atoms with Crippen molar-refractivity contribution in [3.8, 4) is 5.75 Å². The van der Waals surface area contributed by atoms with Crippen molar-refractivity contribution in [2.45, 2.75) is 44.4 Å². The van der Waals surface area contributed by atoms with Crippen LogP contribution in [0.4, 0.5) is 11.4 Å². The molecule has 32 heavy (non-hydrogen) atoms. The van der Waals surface area contributed by atoms with Gasteiger partial charge in [-0.3, -0.25) is 14.9 Å². The highest BCUT2D eigenvalue weighted by Gasteiger charge is 2.73. The van der Waals surface area contributed by atoms with Gasteiger partial charge in [-0.1, -0.05) is 32.9 Å². The maximum absolute atomic E-state index is 14.0. The molecule has 2 aliphatic rings. The number of non-ortho nitro benzene ring substituents is 1. The van der Waals surface area contributed by atoms with E-state index < -0.39 is 15.8 Å². The summed E-state index contributed by atoms with van der Waals surface area (Å²) in [7, 11) is 1.56. The molecule has 1 saturated carbocycles. The van der Waals surface area contributed by atoms with Crippen LogP contribution in [0.25, 0.3) is 11.0 Å². The molecular weight excluding hydrogens is 408 g/mol. The molecule has 164 valence electrons. The van der Waals surface area contributed by atoms with Crippen LogP contribution < -0.4 is 10.1 Å². The largest absolute Gasteiger partial charge is 0.495 e. The number of methoxy groups -OCH3 is 1. The second kappa shape index (κ2) is 6.48. The van der Waals surface area contributed by atoms with Crippen LogP contribution in [-0.2, 0) is 15.6 Å². The number of para-hydroxylation sites is 2. The van der Waals surface area contributed by atoms with E-state index in [-0.39, 0.29) is 17.0 Å². The maximum atomic E-state index is 14.0. The molecule has 5 rings (SSSR count). The second-order valence-electron chi connectivity index (χ2n) is 9.37. The Morgan fingerprint density at radius 3 is 2.50 bits per heavy atom. The summed E-state index contributed by atoms with van der Waals surface area (Å²) in [5.41, 5.74) is 1.28. The number of hydrogen-bond donors (Lipinski definition) is 1. The molecule has 0 spiro atoms. The highest BCUT2D eigenvalue weighted by Crippen LogP contribution is 2.70. The highest BCUT2D eigenvalue weighted by molar-refractivity contribution is 6.02. The molecule has 2 aromatic carbocycles. The standard InChI is InChI=1S/C24H24N4O4/c1-22(2)23(3)11-12-24(22,21(29)27-16-7-5-6-8-18(16)32-4)20-19(23)25-15-10-9-14(28(30)31)13-17(15)26-20/h5-10,13H,11-12H2,1-4H3,(H,27,29). The SMILES string of the molecule is COc1ccccc1NC(=O)C12CCC(C)(c3nc4ccc([N+](=O)[O-])cc4nc31)C2(C)C. The lowest BCUT2D eigenvalue weighted by Crippen LogP contribution is -2.48. The summed E-state index contributed by atoms with van der Waals surface area (Å²) in [6, 6.07) is 11.8. The van der Waals surface area contributed by atoms with Gasteiger partial charge in [-0.25, -0.2) is 9.97 Å². The van der Waals surface area contributed by atoms with Crippen LogP contribution in [-0.4, -0.2) is 27.9 Å². The van der Waals surface area contributed by atoms with E-state index in [9.17, 15) is 14.9 Å². The molecule has 2 bridgehead atoms. The first-order valence-electron chi connectivity index (χ1n) is 10.6. The minimum absolute atomic E-state index is 0.0482. The molecule has 0 saturated heterocycles. The van der Waals surface area contributed by atoms with Crippen molar-refractivity contribution in [3.05, 3.63) is 64.0 Å². The second-order valence-corrected chi connectivity index (χ2v) is 9.37. The van der Waals surface area contributed by atoms with Crippen LogP contribution in [0, 0.1) is 15.5 Å². The Hall–Kier alpha value is -3.55. The first kappa shape index (κ1) is 20.4. The number of rotatable bonds is 4. The van der Waals surface area contributed by atoms with E-state index in [0.717, 1.165) is 12.1 Å². The Morgan fingerprint density at radius 1 is 1.06 bits per heavy atom. The van der Waals surface area contributed by atoms with E-state index in [0.29, 0.717) is 34.6 Å². The summed E-state index contributed by atoms with van der Waals surface area (Å²) in [5, 5.41) is 14.3. The Labute approximate surface area is 185 Å². The van der Waals surface area contributed by atoms with Gasteiger partial charge in [0.05, 0.1) is 45.6 Å². The van der Waals surface area contributed by atoms with Crippen molar-refractivity contribution >= 4 is 28.3 Å². The first-order chi connectivity index (χ1) is 15.2. The normalized spacial score (nSPS) is 24.9. The van der Waals surface area contributed by atoms with Crippen LogP contribution in [0.5, 0.6) is 5.75 Å². The average Bonchev–Trinajstić information content (AvgIpc) is 3.07. The van der Waals surface area contributed by atoms with Gasteiger partial charge in [-0.2, -0.15) is 0 Å². The number of anilines is 1. The fourth-order valence-electron chi connectivity index (χ4n) is 5.68. The molecule has 1 N–H and O–H groups in total. The lowest BCUT2D eigenvalue weighted by molar-refractivity contribution is -0.384. The van der Waals surface area contributed by atoms with E-state index in [4.69, 9.17) is 14.7 Å². The Morgan fingerprint density at radius 2 is 1.78 bits per heavy atom. The van der Waals surface area contributed by atoms with E-state index >= 15 is 0 Å². The number of nitro groups is 1. The zero-order valence-electron chi connectivity index (χ0n) is 18.4. The molecule has 2 unspecified atom stereocenters. The number of ether oxygens (including phenoxy) is 1. The number of carbonyl (C=O) groups is 1. The van der Waals surface area contributed by atoms with Crippen LogP contribution in [0.1, 0.15) is 45.0 Å². The summed E-state index contributed by atoms with van der Waals surface area (Å²) in [4.78, 5) is 34.5. The van der Waals surface area contributed by atoms with Gasteiger partial charge in [0.1, 0.15) is 5.75 Å². The fraction of sp³-hybridized carbons (Fsp3) is 0.375. The van der Waals surface area contributed by atoms with Crippen molar-refractivity contribution in [1.29, 1.82) is 0 Å². The number of benzene rings is 2. The molecule has 0 radical (unpaired) electrons. The maximum Gasteiger partial charge on any atom is 0.271 e. The monoisotopic (exact) mass is 432 g/mol. The quantitative estimate of drug-likeness (QED) is 0.480. The number of fused-ring (bicyclic) bond motifs is 6. The van der Waals surface area contributed by atoms with E-state index in [1.807, 2.05) is 12.1 Å². The summed E-state index contributed by atoms with van der Waals surface area (Å²) in [6.45, 7) is 6.33. The molecule has 1 fully saturated rings. The van der Waals surface area contributed by atoms with Crippen LogP contribution in [0.2, 0.25) is 0 Å². The molecular formula is C24H24N4O4. The number of nitrogens with zero attached hydrogens (tertiary/aromatic N) is 3. The molecule has 8 nitrogen and oxygen atoms in total. The van der Waals surface area contributed by atoms with Gasteiger partial charge in [0, 0.05) is 17.5 Å². The molecule has 2 atom stereocenters. The summed E-state index contributed by atoms with van der Waals surface area (Å²) < 4.78 is 5.41. The topological polar surface area (TPSA) is 107 Å². The third-order valence-corrected chi connectivity index (χ3v) is 7.97. The Bertz CT molecular complexity index is 1300. The molecule has 1 amide bonds. The molecule has 8 heteroatoms. The molecule has 2 aliphatic carbocycles. The molecule has 3 aromatic rings. The number of nitrogens with one attached hydrogen (secondary N) is 1. The van der Waals surface area contributed by atoms with Gasteiger partial charge in [0.25, 0.3) is 5.69 Å². The van der Waals surface area contributed by atoms with Gasteiger partial charge >= 0.3 is 0 Å². The Kier molecular flexibility index (Phi) is 4.12. The number of aromatic nitrogens is 2. The van der Waals surface area contributed by atoms with Gasteiger partial charge in [-0.05, 0) is 36.5 Å². The van der Waals surface area contributed by atoms with Crippen molar-refractivity contribution in [2.24, 2.45) is 5.41 Å². The lowest BCUT2D eigenvalue weighted by Gasteiger charge is -2.39. The van der Waals surface area contributed by atoms with E-state index in [2.05, 4.69) is 26.1 Å². The molecule has 1 aromatic heterocycles. The smallest absolute Gasteiger partial charge is 0.271 e. The molecule has 1 heterocycles. The van der Waals surface area contributed by atoms with Gasteiger partial charge in [-0.15, -0.1) is 0 Å². The minimum atomic E-state index is -0.913. The van der Waals surface area contributed by atoms with Crippen molar-refractivity contribution in [1.82, 2.24) is 9.97 Å². The van der Waals surface area contributed by atoms with Gasteiger partial charge < -0.3 is 10.1 Å². The first-order valence-corrected chi connectivity index (χ1v) is 10.6. The van der Waals surface area contributed by atoms with Crippen LogP contribution in [0.3, 0.4) is 0 Å². The minimum Gasteiger partial charge on any atom is -0.495 e. The Balaban J connectivity index is 1.70. The number of hydrogen-bond acceptors (Lipinski definition) is 6. The van der Waals surface area contributed by atoms with Crippen LogP contribution in [0.15, 0.2) is 42.5 Å². The van der Waals surface area contributed by atoms with Crippen molar-refractivity contribution in [2.75, 3.05) is 12.4 Å². The third-order valence-electron chi connectivity index (χ3n) is 7.97. The van der Waals surface area contributed by atoms with Crippen LogP contribution >= 0.6 is 0 Å². The van der Waals surface area contributed by atoms with Crippen molar-refractivity contribution in [3.63, 3.8) is 0 Å².